The summed E-state index contributed by atoms with van der Waals surface area (Å²) in [7, 11) is 0. The number of ether oxygens (including phenoxy) is 1. The van der Waals surface area contributed by atoms with Gasteiger partial charge in [0.2, 0.25) is 0 Å². The van der Waals surface area contributed by atoms with E-state index in [1.165, 1.54) is 11.8 Å². The Kier molecular flexibility index (Phi) is 6.05. The van der Waals surface area contributed by atoms with Gasteiger partial charge in [0.05, 0.1) is 11.4 Å². The monoisotopic (exact) mass is 489 g/mol. The summed E-state index contributed by atoms with van der Waals surface area (Å²) in [5, 5.41) is 3.86. The van der Waals surface area contributed by atoms with E-state index in [0.717, 1.165) is 45.0 Å². The molecule has 35 heavy (non-hydrogen) atoms. The summed E-state index contributed by atoms with van der Waals surface area (Å²) >= 11 is 1.23. The molecule has 0 unspecified atom stereocenters. The maximum atomic E-state index is 13.6. The first-order valence-electron chi connectivity index (χ1n) is 10.7. The molecule has 0 heterocycles. The Morgan fingerprint density at radius 1 is 0.857 bits per heavy atom. The highest BCUT2D eigenvalue weighted by Crippen LogP contribution is 2.42. The first-order chi connectivity index (χ1) is 16.9. The van der Waals surface area contributed by atoms with Crippen molar-refractivity contribution in [2.45, 2.75) is 4.90 Å². The number of halogens is 2. The second-order valence-electron chi connectivity index (χ2n) is 7.84. The molecule has 0 radical (unpaired) electrons. The zero-order chi connectivity index (χ0) is 24.5. The van der Waals surface area contributed by atoms with E-state index < -0.39 is 30.1 Å². The van der Waals surface area contributed by atoms with Gasteiger partial charge in [-0.25, -0.2) is 8.78 Å². The van der Waals surface area contributed by atoms with Crippen LogP contribution in [0, 0.1) is 11.6 Å². The lowest BCUT2D eigenvalue weighted by Gasteiger charge is -2.21. The predicted octanol–water partition coefficient (Wildman–Crippen LogP) is 5.60. The molecule has 0 aliphatic heterocycles. The van der Waals surface area contributed by atoms with Gasteiger partial charge in [0.25, 0.3) is 5.91 Å². The molecule has 5 nitrogen and oxygen atoms in total. The minimum atomic E-state index is -0.800. The van der Waals surface area contributed by atoms with Crippen LogP contribution in [0.15, 0.2) is 77.7 Å². The van der Waals surface area contributed by atoms with E-state index >= 15 is 0 Å². The topological polar surface area (TPSA) is 72.5 Å². The van der Waals surface area contributed by atoms with E-state index in [1.54, 1.807) is 6.07 Å². The van der Waals surface area contributed by atoms with Crippen molar-refractivity contribution in [2.75, 3.05) is 17.7 Å². The summed E-state index contributed by atoms with van der Waals surface area (Å²) in [6, 6.07) is 19.5. The molecule has 1 amide bonds. The van der Waals surface area contributed by atoms with Crippen LogP contribution in [0.25, 0.3) is 21.9 Å². The van der Waals surface area contributed by atoms with Crippen LogP contribution in [0.5, 0.6) is 0 Å². The fraction of sp³-hybridized carbons (Fsp3) is 0.0741. The number of thioether (sulfide) groups is 1. The predicted molar refractivity (Wildman–Crippen MR) is 129 cm³/mol. The zero-order valence-corrected chi connectivity index (χ0v) is 19.0. The molecule has 0 fully saturated rings. The highest BCUT2D eigenvalue weighted by molar-refractivity contribution is 8.00. The Morgan fingerprint density at radius 2 is 1.63 bits per heavy atom. The molecule has 4 aromatic carbocycles. The summed E-state index contributed by atoms with van der Waals surface area (Å²) in [6.45, 7) is -0.634. The van der Waals surface area contributed by atoms with E-state index in [4.69, 9.17) is 4.74 Å². The molecule has 0 saturated carbocycles. The van der Waals surface area contributed by atoms with Crippen LogP contribution in [-0.4, -0.2) is 30.0 Å². The Hall–Kier alpha value is -4.04. The molecule has 0 spiro atoms. The number of anilines is 1. The zero-order valence-electron chi connectivity index (χ0n) is 18.1. The number of hydrogen-bond donors (Lipinski definition) is 1. The van der Waals surface area contributed by atoms with Crippen LogP contribution in [0.1, 0.15) is 15.9 Å². The summed E-state index contributed by atoms with van der Waals surface area (Å²) in [5.74, 6) is -3.06. The molecule has 1 aliphatic carbocycles. The van der Waals surface area contributed by atoms with E-state index in [0.29, 0.717) is 11.1 Å². The molecular weight excluding hydrogens is 472 g/mol. The van der Waals surface area contributed by atoms with Crippen molar-refractivity contribution in [2.24, 2.45) is 0 Å². The quantitative estimate of drug-likeness (QED) is 0.248. The van der Waals surface area contributed by atoms with Gasteiger partial charge in [-0.2, -0.15) is 0 Å². The highest BCUT2D eigenvalue weighted by atomic mass is 32.2. The van der Waals surface area contributed by atoms with E-state index in [1.807, 2.05) is 48.5 Å². The summed E-state index contributed by atoms with van der Waals surface area (Å²) in [4.78, 5) is 38.0. The first-order valence-corrected chi connectivity index (χ1v) is 11.6. The van der Waals surface area contributed by atoms with Gasteiger partial charge in [-0.15, -0.1) is 11.8 Å². The van der Waals surface area contributed by atoms with Crippen molar-refractivity contribution in [3.63, 3.8) is 0 Å². The number of rotatable bonds is 6. The number of carbonyl (C=O) groups excluding carboxylic acids is 3. The lowest BCUT2D eigenvalue weighted by atomic mass is 9.83. The average molecular weight is 489 g/mol. The van der Waals surface area contributed by atoms with Crippen LogP contribution in [0.2, 0.25) is 0 Å². The number of hydrogen-bond acceptors (Lipinski definition) is 5. The minimum Gasteiger partial charge on any atom is -0.455 e. The summed E-state index contributed by atoms with van der Waals surface area (Å²) in [5.41, 5.74) is 2.77. The first kappa shape index (κ1) is 22.7. The smallest absolute Gasteiger partial charge is 0.316 e. The Labute approximate surface area is 203 Å². The number of fused-ring (bicyclic) bond motifs is 2. The maximum absolute atomic E-state index is 13.6. The Bertz CT molecular complexity index is 1520. The number of nitrogens with one attached hydrogen (secondary N) is 1. The van der Waals surface area contributed by atoms with E-state index in [-0.39, 0.29) is 17.2 Å². The van der Waals surface area contributed by atoms with Gasteiger partial charge in [0, 0.05) is 27.5 Å². The normalized spacial score (nSPS) is 11.8. The lowest BCUT2D eigenvalue weighted by molar-refractivity contribution is -0.144. The van der Waals surface area contributed by atoms with Crippen molar-refractivity contribution >= 4 is 45.9 Å². The van der Waals surface area contributed by atoms with Crippen LogP contribution < -0.4 is 5.32 Å². The summed E-state index contributed by atoms with van der Waals surface area (Å²) in [6.07, 6.45) is 0. The van der Waals surface area contributed by atoms with Gasteiger partial charge in [0.15, 0.2) is 12.4 Å². The van der Waals surface area contributed by atoms with Gasteiger partial charge >= 0.3 is 5.97 Å². The maximum Gasteiger partial charge on any atom is 0.316 e. The molecular formula is C27H17F2NO4S. The SMILES string of the molecule is O=C(COC(=O)CSc1ccc2c3c(cccc13)C(=O)c1ccccc1-2)Nc1cc(F)ccc1F. The third kappa shape index (κ3) is 4.40. The number of amides is 1. The molecule has 1 N–H and O–H groups in total. The van der Waals surface area contributed by atoms with Crippen LogP contribution >= 0.6 is 11.8 Å². The number of carbonyl (C=O) groups is 3. The van der Waals surface area contributed by atoms with E-state index in [9.17, 15) is 23.2 Å². The molecule has 5 rings (SSSR count). The second kappa shape index (κ2) is 9.31. The fourth-order valence-corrected chi connectivity index (χ4v) is 4.93. The van der Waals surface area contributed by atoms with Crippen LogP contribution in [0.3, 0.4) is 0 Å². The molecule has 174 valence electrons. The fourth-order valence-electron chi connectivity index (χ4n) is 4.08. The average Bonchev–Trinajstić information content (AvgIpc) is 2.87. The third-order valence-corrected chi connectivity index (χ3v) is 6.67. The van der Waals surface area contributed by atoms with Crippen molar-refractivity contribution in [1.82, 2.24) is 0 Å². The number of benzene rings is 4. The molecule has 0 atom stereocenters. The van der Waals surface area contributed by atoms with Crippen molar-refractivity contribution < 1.29 is 27.9 Å². The van der Waals surface area contributed by atoms with Crippen molar-refractivity contribution in [1.29, 1.82) is 0 Å². The van der Waals surface area contributed by atoms with Gasteiger partial charge in [-0.05, 0) is 34.7 Å². The van der Waals surface area contributed by atoms with Gasteiger partial charge in [-0.3, -0.25) is 14.4 Å². The lowest BCUT2D eigenvalue weighted by Crippen LogP contribution is -2.22. The van der Waals surface area contributed by atoms with E-state index in [2.05, 4.69) is 5.32 Å². The largest absolute Gasteiger partial charge is 0.455 e. The minimum absolute atomic E-state index is 0.0407. The number of esters is 1. The molecule has 4 aromatic rings. The van der Waals surface area contributed by atoms with Crippen LogP contribution in [-0.2, 0) is 14.3 Å². The second-order valence-corrected chi connectivity index (χ2v) is 8.85. The van der Waals surface area contributed by atoms with Crippen molar-refractivity contribution in [3.05, 3.63) is 95.6 Å². The standard InChI is InChI=1S/C27H17F2NO4S/c28-15-8-10-21(29)22(12-15)30-24(31)13-34-25(32)14-35-23-11-9-17-16-4-1-2-5-18(16)27(33)20-7-3-6-19(23)26(17)20/h1-12H,13-14H2,(H,30,31). The molecule has 0 aromatic heterocycles. The third-order valence-electron chi connectivity index (χ3n) is 5.62. The van der Waals surface area contributed by atoms with Gasteiger partial charge in [-0.1, -0.05) is 48.5 Å². The van der Waals surface area contributed by atoms with Gasteiger partial charge in [0.1, 0.15) is 11.6 Å². The number of ketones is 1. The van der Waals surface area contributed by atoms with Crippen LogP contribution in [0.4, 0.5) is 14.5 Å². The molecule has 8 heteroatoms. The van der Waals surface area contributed by atoms with Gasteiger partial charge < -0.3 is 10.1 Å². The Morgan fingerprint density at radius 3 is 2.46 bits per heavy atom. The molecule has 1 aliphatic rings. The summed E-state index contributed by atoms with van der Waals surface area (Å²) < 4.78 is 31.9. The Balaban J connectivity index is 1.28. The highest BCUT2D eigenvalue weighted by Gasteiger charge is 2.25. The molecule has 0 saturated heterocycles. The van der Waals surface area contributed by atoms with Crippen molar-refractivity contribution in [3.8, 4) is 11.1 Å². The molecule has 0 bridgehead atoms.